The van der Waals surface area contributed by atoms with Crippen LogP contribution >= 0.6 is 0 Å². The van der Waals surface area contributed by atoms with Crippen molar-refractivity contribution in [2.24, 2.45) is 0 Å². The van der Waals surface area contributed by atoms with Crippen molar-refractivity contribution in [1.82, 2.24) is 15.4 Å². The van der Waals surface area contributed by atoms with Gasteiger partial charge in [-0.05, 0) is 17.2 Å². The molecule has 0 amide bonds. The average molecular weight is 269 g/mol. The number of aromatic nitrogens is 3. The fraction of sp³-hybridized carbons (Fsp3) is 0.0667. The molecule has 1 aromatic heterocycles. The number of aromatic amines is 1. The number of benzene rings is 2. The average Bonchev–Trinajstić information content (AvgIpc) is 3.00. The second kappa shape index (κ2) is 5.52. The van der Waals surface area contributed by atoms with Gasteiger partial charge in [0.25, 0.3) is 5.88 Å². The lowest BCUT2D eigenvalue weighted by Gasteiger charge is -2.06. The first kappa shape index (κ1) is 12.3. The molecule has 0 saturated carbocycles. The van der Waals surface area contributed by atoms with Gasteiger partial charge in [-0.25, -0.2) is 4.39 Å². The molecule has 0 spiro atoms. The van der Waals surface area contributed by atoms with Crippen LogP contribution in [0.2, 0.25) is 0 Å². The second-order valence-corrected chi connectivity index (χ2v) is 4.27. The van der Waals surface area contributed by atoms with Crippen LogP contribution in [0.25, 0.3) is 11.1 Å². The van der Waals surface area contributed by atoms with Crippen molar-refractivity contribution in [1.29, 1.82) is 0 Å². The van der Waals surface area contributed by atoms with Gasteiger partial charge < -0.3 is 4.74 Å². The molecule has 1 heterocycles. The lowest BCUT2D eigenvalue weighted by molar-refractivity contribution is 0.293. The van der Waals surface area contributed by atoms with E-state index in [2.05, 4.69) is 15.4 Å². The molecule has 4 nitrogen and oxygen atoms in total. The summed E-state index contributed by atoms with van der Waals surface area (Å²) in [6, 6.07) is 14.3. The molecule has 2 aromatic carbocycles. The third-order valence-corrected chi connectivity index (χ3v) is 2.92. The smallest absolute Gasteiger partial charge is 0.253 e. The molecule has 20 heavy (non-hydrogen) atoms. The van der Waals surface area contributed by atoms with Crippen LogP contribution in [0.4, 0.5) is 4.39 Å². The molecule has 0 aliphatic heterocycles. The van der Waals surface area contributed by atoms with Crippen LogP contribution in [0.5, 0.6) is 5.88 Å². The van der Waals surface area contributed by atoms with E-state index >= 15 is 0 Å². The summed E-state index contributed by atoms with van der Waals surface area (Å²) in [5, 5.41) is 9.93. The lowest BCUT2D eigenvalue weighted by atomic mass is 10.0. The molecule has 3 rings (SSSR count). The largest absolute Gasteiger partial charge is 0.471 e. The molecule has 0 unspecified atom stereocenters. The van der Waals surface area contributed by atoms with Crippen molar-refractivity contribution in [3.8, 4) is 17.0 Å². The summed E-state index contributed by atoms with van der Waals surface area (Å²) in [6.07, 6.45) is 1.51. The Morgan fingerprint density at radius 3 is 2.55 bits per heavy atom. The van der Waals surface area contributed by atoms with E-state index in [0.29, 0.717) is 18.1 Å². The number of hydrogen-bond donors (Lipinski definition) is 1. The Hall–Kier alpha value is -2.69. The van der Waals surface area contributed by atoms with Crippen LogP contribution in [0.15, 0.2) is 54.7 Å². The molecule has 0 atom stereocenters. The van der Waals surface area contributed by atoms with Gasteiger partial charge in [0.1, 0.15) is 18.6 Å². The van der Waals surface area contributed by atoms with Gasteiger partial charge in [-0.2, -0.15) is 10.3 Å². The molecule has 0 fully saturated rings. The minimum atomic E-state index is -0.223. The summed E-state index contributed by atoms with van der Waals surface area (Å²) >= 11 is 0. The summed E-state index contributed by atoms with van der Waals surface area (Å²) < 4.78 is 19.1. The van der Waals surface area contributed by atoms with E-state index in [1.54, 1.807) is 12.1 Å². The lowest BCUT2D eigenvalue weighted by Crippen LogP contribution is -1.95. The van der Waals surface area contributed by atoms with E-state index in [1.807, 2.05) is 30.3 Å². The number of rotatable bonds is 4. The predicted molar refractivity (Wildman–Crippen MR) is 72.6 cm³/mol. The molecular formula is C15H12FN3O. The van der Waals surface area contributed by atoms with E-state index in [-0.39, 0.29) is 5.82 Å². The van der Waals surface area contributed by atoms with Gasteiger partial charge in [-0.1, -0.05) is 42.5 Å². The summed E-state index contributed by atoms with van der Waals surface area (Å²) in [6.45, 7) is 0.393. The van der Waals surface area contributed by atoms with Gasteiger partial charge >= 0.3 is 0 Å². The zero-order chi connectivity index (χ0) is 13.8. The monoisotopic (exact) mass is 269 g/mol. The predicted octanol–water partition coefficient (Wildman–Crippen LogP) is 3.19. The normalized spacial score (nSPS) is 10.4. The van der Waals surface area contributed by atoms with Gasteiger partial charge in [-0.3, -0.25) is 0 Å². The summed E-state index contributed by atoms with van der Waals surface area (Å²) in [5.41, 5.74) is 2.41. The van der Waals surface area contributed by atoms with E-state index in [0.717, 1.165) is 11.1 Å². The molecule has 1 N–H and O–H groups in total. The van der Waals surface area contributed by atoms with Gasteiger partial charge in [0.2, 0.25) is 0 Å². The van der Waals surface area contributed by atoms with E-state index in [4.69, 9.17) is 4.74 Å². The Morgan fingerprint density at radius 2 is 1.85 bits per heavy atom. The van der Waals surface area contributed by atoms with Crippen molar-refractivity contribution in [2.45, 2.75) is 6.61 Å². The van der Waals surface area contributed by atoms with E-state index in [9.17, 15) is 4.39 Å². The Morgan fingerprint density at radius 1 is 1.05 bits per heavy atom. The molecule has 0 aliphatic carbocycles. The number of nitrogens with one attached hydrogen (secondary N) is 1. The molecular weight excluding hydrogens is 257 g/mol. The van der Waals surface area contributed by atoms with E-state index < -0.39 is 0 Å². The molecule has 0 bridgehead atoms. The van der Waals surface area contributed by atoms with Crippen LogP contribution in [-0.2, 0) is 6.61 Å². The van der Waals surface area contributed by atoms with E-state index in [1.165, 1.54) is 12.3 Å². The molecule has 3 aromatic rings. The number of nitrogens with zero attached hydrogens (tertiary/aromatic N) is 2. The third kappa shape index (κ3) is 2.66. The molecule has 0 aliphatic rings. The highest BCUT2D eigenvalue weighted by Crippen LogP contribution is 2.22. The minimum absolute atomic E-state index is 0.223. The molecule has 100 valence electrons. The maximum absolute atomic E-state index is 13.7. The zero-order valence-electron chi connectivity index (χ0n) is 10.6. The first-order chi connectivity index (χ1) is 9.83. The second-order valence-electron chi connectivity index (χ2n) is 4.27. The van der Waals surface area contributed by atoms with Gasteiger partial charge in [0, 0.05) is 5.56 Å². The Labute approximate surface area is 115 Å². The Bertz CT molecular complexity index is 681. The van der Waals surface area contributed by atoms with Crippen molar-refractivity contribution in [2.75, 3.05) is 0 Å². The third-order valence-electron chi connectivity index (χ3n) is 2.92. The van der Waals surface area contributed by atoms with Crippen LogP contribution in [-0.4, -0.2) is 15.4 Å². The summed E-state index contributed by atoms with van der Waals surface area (Å²) in [5.74, 6) is 0.224. The summed E-state index contributed by atoms with van der Waals surface area (Å²) in [7, 11) is 0. The highest BCUT2D eigenvalue weighted by molar-refractivity contribution is 5.64. The Kier molecular flexibility index (Phi) is 3.41. The summed E-state index contributed by atoms with van der Waals surface area (Å²) in [4.78, 5) is 0. The number of ether oxygens (including phenoxy) is 1. The van der Waals surface area contributed by atoms with Crippen molar-refractivity contribution in [3.63, 3.8) is 0 Å². The van der Waals surface area contributed by atoms with Crippen LogP contribution in [0.1, 0.15) is 5.56 Å². The maximum atomic E-state index is 13.7. The van der Waals surface area contributed by atoms with Crippen molar-refractivity contribution >= 4 is 0 Å². The number of hydrogen-bond acceptors (Lipinski definition) is 3. The number of halogens is 1. The van der Waals surface area contributed by atoms with Crippen LogP contribution in [0, 0.1) is 5.82 Å². The highest BCUT2D eigenvalue weighted by Gasteiger charge is 2.04. The van der Waals surface area contributed by atoms with Crippen LogP contribution < -0.4 is 4.74 Å². The van der Waals surface area contributed by atoms with Crippen molar-refractivity contribution in [3.05, 3.63) is 66.1 Å². The quantitative estimate of drug-likeness (QED) is 0.791. The van der Waals surface area contributed by atoms with Gasteiger partial charge in [0.05, 0.1) is 0 Å². The number of H-pyrrole nitrogens is 1. The standard InChI is InChI=1S/C15H12FN3O/c16-14-4-2-1-3-13(14)12-7-5-11(6-8-12)10-20-15-9-17-19-18-15/h1-9H,10H2,(H,17,18,19). The fourth-order valence-electron chi connectivity index (χ4n) is 1.89. The van der Waals surface area contributed by atoms with Crippen molar-refractivity contribution < 1.29 is 9.13 Å². The first-order valence-electron chi connectivity index (χ1n) is 6.15. The maximum Gasteiger partial charge on any atom is 0.253 e. The minimum Gasteiger partial charge on any atom is -0.471 e. The highest BCUT2D eigenvalue weighted by atomic mass is 19.1. The molecule has 0 saturated heterocycles. The first-order valence-corrected chi connectivity index (χ1v) is 6.15. The van der Waals surface area contributed by atoms with Crippen LogP contribution in [0.3, 0.4) is 0 Å². The molecule has 5 heteroatoms. The Balaban J connectivity index is 1.73. The topological polar surface area (TPSA) is 50.8 Å². The van der Waals surface area contributed by atoms with Gasteiger partial charge in [0.15, 0.2) is 0 Å². The molecule has 0 radical (unpaired) electrons. The SMILES string of the molecule is Fc1ccccc1-c1ccc(COc2cn[nH]n2)cc1. The zero-order valence-corrected chi connectivity index (χ0v) is 10.6. The van der Waals surface area contributed by atoms with Gasteiger partial charge in [-0.15, -0.1) is 5.10 Å². The fourth-order valence-corrected chi connectivity index (χ4v) is 1.89.